The number of thioether (sulfide) groups is 1. The van der Waals surface area contributed by atoms with Crippen LogP contribution in [-0.4, -0.2) is 30.6 Å². The number of ether oxygens (including phenoxy) is 1. The molecule has 0 radical (unpaired) electrons. The molecule has 2 amide bonds. The lowest BCUT2D eigenvalue weighted by atomic mass is 9.96. The molecule has 0 fully saturated rings. The average Bonchev–Trinajstić information content (AvgIpc) is 2.47. The number of nitrogens with one attached hydrogen (secondary N) is 2. The number of hydrogen-bond acceptors (Lipinski definition) is 4. The van der Waals surface area contributed by atoms with Crippen LogP contribution in [0.15, 0.2) is 35.5 Å². The first-order valence-corrected chi connectivity index (χ1v) is 8.50. The fraction of sp³-hybridized carbons (Fsp3) is 0.333. The number of benzene rings is 1. The molecule has 1 aliphatic rings. The highest BCUT2D eigenvalue weighted by Gasteiger charge is 2.32. The van der Waals surface area contributed by atoms with Crippen LogP contribution in [-0.2, 0) is 9.53 Å². The van der Waals surface area contributed by atoms with E-state index in [1.54, 1.807) is 43.0 Å². The Labute approximate surface area is 138 Å². The molecule has 0 saturated carbocycles. The average molecular weight is 341 g/mol. The normalized spacial score (nSPS) is 17.8. The molecule has 118 valence electrons. The lowest BCUT2D eigenvalue weighted by molar-refractivity contribution is -0.138. The molecule has 1 unspecified atom stereocenters. The van der Waals surface area contributed by atoms with Gasteiger partial charge < -0.3 is 15.4 Å². The van der Waals surface area contributed by atoms with Gasteiger partial charge in [0.1, 0.15) is 6.61 Å². The number of hydrogen-bond donors (Lipinski definition) is 2. The minimum Gasteiger partial charge on any atom is -0.461 e. The molecule has 0 aliphatic carbocycles. The van der Waals surface area contributed by atoms with Gasteiger partial charge in [0.2, 0.25) is 0 Å². The van der Waals surface area contributed by atoms with Gasteiger partial charge in [-0.05, 0) is 30.9 Å². The van der Waals surface area contributed by atoms with Crippen molar-refractivity contribution in [3.8, 4) is 0 Å². The fourth-order valence-corrected chi connectivity index (χ4v) is 2.54. The van der Waals surface area contributed by atoms with E-state index in [2.05, 4.69) is 10.6 Å². The molecular weight excluding hydrogens is 324 g/mol. The van der Waals surface area contributed by atoms with Crippen LogP contribution in [0.2, 0.25) is 5.02 Å². The summed E-state index contributed by atoms with van der Waals surface area (Å²) in [6, 6.07) is 6.10. The number of carbonyl (C=O) groups is 2. The molecule has 1 aromatic rings. The van der Waals surface area contributed by atoms with E-state index < -0.39 is 12.0 Å². The van der Waals surface area contributed by atoms with Gasteiger partial charge in [0.15, 0.2) is 0 Å². The van der Waals surface area contributed by atoms with E-state index in [1.165, 1.54) is 0 Å². The maximum atomic E-state index is 12.3. The van der Waals surface area contributed by atoms with E-state index in [4.69, 9.17) is 16.3 Å². The number of carbonyl (C=O) groups excluding carboxylic acids is 2. The predicted molar refractivity (Wildman–Crippen MR) is 87.9 cm³/mol. The number of rotatable bonds is 5. The smallest absolute Gasteiger partial charge is 0.338 e. The highest BCUT2D eigenvalue weighted by Crippen LogP contribution is 2.28. The minimum absolute atomic E-state index is 0.331. The number of esters is 1. The van der Waals surface area contributed by atoms with Crippen LogP contribution < -0.4 is 10.6 Å². The van der Waals surface area contributed by atoms with Gasteiger partial charge in [0, 0.05) is 16.5 Å². The van der Waals surface area contributed by atoms with Crippen molar-refractivity contribution in [1.29, 1.82) is 0 Å². The van der Waals surface area contributed by atoms with Crippen molar-refractivity contribution in [1.82, 2.24) is 10.6 Å². The minimum atomic E-state index is -0.548. The van der Waals surface area contributed by atoms with Crippen molar-refractivity contribution in [3.05, 3.63) is 46.1 Å². The van der Waals surface area contributed by atoms with E-state index in [9.17, 15) is 9.59 Å². The molecule has 1 heterocycles. The van der Waals surface area contributed by atoms with E-state index in [0.29, 0.717) is 22.9 Å². The van der Waals surface area contributed by atoms with Gasteiger partial charge >= 0.3 is 12.0 Å². The zero-order chi connectivity index (χ0) is 16.1. The standard InChI is InChI=1S/C15H17ClN2O3S/c1-9-12(14(19)21-7-8-22-2)13(18-15(20)17-9)10-3-5-11(16)6-4-10/h3-6,13H,7-8H2,1-2H3,(H2,17,18,20). The second-order valence-corrected chi connectivity index (χ2v) is 6.17. The Morgan fingerprint density at radius 1 is 1.36 bits per heavy atom. The van der Waals surface area contributed by atoms with Crippen LogP contribution in [0, 0.1) is 0 Å². The van der Waals surface area contributed by atoms with Crippen molar-refractivity contribution >= 4 is 35.4 Å². The first-order chi connectivity index (χ1) is 10.5. The predicted octanol–water partition coefficient (Wildman–Crippen LogP) is 2.87. The molecule has 0 spiro atoms. The Hall–Kier alpha value is -1.66. The third-order valence-corrected chi connectivity index (χ3v) is 4.04. The number of amides is 2. The van der Waals surface area contributed by atoms with Crippen LogP contribution in [0.1, 0.15) is 18.5 Å². The molecule has 2 N–H and O–H groups in total. The Kier molecular flexibility index (Phi) is 5.74. The van der Waals surface area contributed by atoms with E-state index in [-0.39, 0.29) is 6.03 Å². The van der Waals surface area contributed by atoms with Gasteiger partial charge in [-0.3, -0.25) is 0 Å². The molecule has 1 aliphatic heterocycles. The zero-order valence-electron chi connectivity index (χ0n) is 12.3. The summed E-state index contributed by atoms with van der Waals surface area (Å²) in [6.07, 6.45) is 1.94. The second kappa shape index (κ2) is 7.56. The second-order valence-electron chi connectivity index (χ2n) is 4.75. The van der Waals surface area contributed by atoms with Crippen molar-refractivity contribution in [3.63, 3.8) is 0 Å². The largest absolute Gasteiger partial charge is 0.461 e. The van der Waals surface area contributed by atoms with Gasteiger partial charge in [-0.1, -0.05) is 23.7 Å². The van der Waals surface area contributed by atoms with Crippen molar-refractivity contribution in [2.45, 2.75) is 13.0 Å². The lowest BCUT2D eigenvalue weighted by Gasteiger charge is -2.28. The van der Waals surface area contributed by atoms with Crippen LogP contribution in [0.5, 0.6) is 0 Å². The van der Waals surface area contributed by atoms with Crippen LogP contribution in [0.25, 0.3) is 0 Å². The summed E-state index contributed by atoms with van der Waals surface area (Å²) in [7, 11) is 0. The maximum Gasteiger partial charge on any atom is 0.338 e. The van der Waals surface area contributed by atoms with E-state index in [1.807, 2.05) is 6.26 Å². The Morgan fingerprint density at radius 2 is 2.05 bits per heavy atom. The van der Waals surface area contributed by atoms with Gasteiger partial charge in [-0.15, -0.1) is 0 Å². The van der Waals surface area contributed by atoms with Crippen LogP contribution >= 0.6 is 23.4 Å². The summed E-state index contributed by atoms with van der Waals surface area (Å²) < 4.78 is 5.27. The van der Waals surface area contributed by atoms with Gasteiger partial charge in [0.25, 0.3) is 0 Å². The van der Waals surface area contributed by atoms with Gasteiger partial charge in [-0.25, -0.2) is 9.59 Å². The highest BCUT2D eigenvalue weighted by molar-refractivity contribution is 7.98. The molecule has 0 bridgehead atoms. The summed E-state index contributed by atoms with van der Waals surface area (Å²) in [4.78, 5) is 24.0. The van der Waals surface area contributed by atoms with Gasteiger partial charge in [-0.2, -0.15) is 11.8 Å². The fourth-order valence-electron chi connectivity index (χ4n) is 2.17. The van der Waals surface area contributed by atoms with Crippen molar-refractivity contribution in [2.24, 2.45) is 0 Å². The number of allylic oxidation sites excluding steroid dienone is 1. The highest BCUT2D eigenvalue weighted by atomic mass is 35.5. The SMILES string of the molecule is CSCCOC(=O)C1=C(C)NC(=O)NC1c1ccc(Cl)cc1. The molecule has 2 rings (SSSR count). The quantitative estimate of drug-likeness (QED) is 0.639. The molecule has 1 aromatic carbocycles. The first-order valence-electron chi connectivity index (χ1n) is 6.72. The molecule has 1 atom stereocenters. The molecule has 0 aromatic heterocycles. The lowest BCUT2D eigenvalue weighted by Crippen LogP contribution is -2.45. The summed E-state index contributed by atoms with van der Waals surface area (Å²) in [5, 5.41) is 5.95. The van der Waals surface area contributed by atoms with Crippen molar-refractivity contribution < 1.29 is 14.3 Å². The molecular formula is C15H17ClN2O3S. The van der Waals surface area contributed by atoms with Crippen molar-refractivity contribution in [2.75, 3.05) is 18.6 Å². The zero-order valence-corrected chi connectivity index (χ0v) is 13.9. The Morgan fingerprint density at radius 3 is 2.68 bits per heavy atom. The first kappa shape index (κ1) is 16.7. The monoisotopic (exact) mass is 340 g/mol. The summed E-state index contributed by atoms with van der Waals surface area (Å²) in [5.41, 5.74) is 1.68. The van der Waals surface area contributed by atoms with Crippen LogP contribution in [0.4, 0.5) is 4.79 Å². The Bertz CT molecular complexity index is 601. The third-order valence-electron chi connectivity index (χ3n) is 3.21. The third kappa shape index (κ3) is 3.96. The summed E-state index contributed by atoms with van der Waals surface area (Å²) in [6.45, 7) is 2.02. The summed E-state index contributed by atoms with van der Waals surface area (Å²) in [5.74, 6) is 0.294. The van der Waals surface area contributed by atoms with Gasteiger partial charge in [0.05, 0.1) is 11.6 Å². The topological polar surface area (TPSA) is 67.4 Å². The van der Waals surface area contributed by atoms with E-state index >= 15 is 0 Å². The molecule has 22 heavy (non-hydrogen) atoms. The summed E-state index contributed by atoms with van der Waals surface area (Å²) >= 11 is 7.48. The number of urea groups is 1. The van der Waals surface area contributed by atoms with Crippen LogP contribution in [0.3, 0.4) is 0 Å². The molecule has 5 nitrogen and oxygen atoms in total. The number of halogens is 1. The van der Waals surface area contributed by atoms with E-state index in [0.717, 1.165) is 11.3 Å². The Balaban J connectivity index is 2.28. The molecule has 7 heteroatoms. The maximum absolute atomic E-state index is 12.3. The molecule has 0 saturated heterocycles.